The molecule has 3 N–H and O–H groups in total. The maximum absolute atomic E-state index is 5.66. The van der Waals surface area contributed by atoms with Crippen LogP contribution in [0.25, 0.3) is 11.4 Å². The number of aromatic amines is 1. The summed E-state index contributed by atoms with van der Waals surface area (Å²) in [6.45, 7) is 0. The van der Waals surface area contributed by atoms with Gasteiger partial charge in [-0.05, 0) is 11.4 Å². The number of aromatic nitrogens is 3. The van der Waals surface area contributed by atoms with Crippen LogP contribution >= 0.6 is 11.3 Å². The van der Waals surface area contributed by atoms with Crippen molar-refractivity contribution < 1.29 is 0 Å². The number of H-pyrrole nitrogens is 1. The predicted octanol–water partition coefficient (Wildman–Crippen LogP) is 1.12. The van der Waals surface area contributed by atoms with E-state index in [9.17, 15) is 0 Å². The van der Waals surface area contributed by atoms with Gasteiger partial charge in [0.2, 0.25) is 0 Å². The fourth-order valence-corrected chi connectivity index (χ4v) is 1.49. The van der Waals surface area contributed by atoms with Gasteiger partial charge in [0, 0.05) is 0 Å². The van der Waals surface area contributed by atoms with Crippen LogP contribution in [0.3, 0.4) is 0 Å². The van der Waals surface area contributed by atoms with Gasteiger partial charge in [-0.15, -0.1) is 11.3 Å². The van der Waals surface area contributed by atoms with Gasteiger partial charge in [-0.25, -0.2) is 4.98 Å². The number of nitrogen functional groups attached to an aromatic ring is 1. The molecule has 0 saturated heterocycles. The Bertz CT molecular complexity index is 337. The van der Waals surface area contributed by atoms with Gasteiger partial charge in [0.05, 0.1) is 10.6 Å². The summed E-state index contributed by atoms with van der Waals surface area (Å²) in [5.41, 5.74) is 6.59. The second-order valence-corrected chi connectivity index (χ2v) is 2.98. The van der Waals surface area contributed by atoms with Crippen molar-refractivity contribution in [1.82, 2.24) is 15.2 Å². The Morgan fingerprint density at radius 2 is 2.45 bits per heavy atom. The Labute approximate surface area is 67.1 Å². The van der Waals surface area contributed by atoms with Crippen LogP contribution in [0.4, 0.5) is 5.00 Å². The van der Waals surface area contributed by atoms with Gasteiger partial charge in [0.1, 0.15) is 6.33 Å². The van der Waals surface area contributed by atoms with Crippen LogP contribution in [-0.4, -0.2) is 15.2 Å². The maximum Gasteiger partial charge on any atom is 0.158 e. The summed E-state index contributed by atoms with van der Waals surface area (Å²) in [6.07, 6.45) is 1.46. The molecule has 0 fully saturated rings. The highest BCUT2D eigenvalue weighted by atomic mass is 32.1. The van der Waals surface area contributed by atoms with Crippen molar-refractivity contribution in [3.8, 4) is 11.4 Å². The minimum Gasteiger partial charge on any atom is -0.390 e. The Morgan fingerprint density at radius 1 is 1.55 bits per heavy atom. The topological polar surface area (TPSA) is 67.6 Å². The van der Waals surface area contributed by atoms with E-state index in [1.54, 1.807) is 0 Å². The zero-order chi connectivity index (χ0) is 7.68. The summed E-state index contributed by atoms with van der Waals surface area (Å²) in [7, 11) is 0. The first-order valence-corrected chi connectivity index (χ1v) is 3.94. The van der Waals surface area contributed by atoms with Crippen LogP contribution in [0.5, 0.6) is 0 Å². The summed E-state index contributed by atoms with van der Waals surface area (Å²) >= 11 is 1.49. The van der Waals surface area contributed by atoms with Crippen molar-refractivity contribution in [2.75, 3.05) is 5.73 Å². The second kappa shape index (κ2) is 2.35. The van der Waals surface area contributed by atoms with E-state index >= 15 is 0 Å². The Morgan fingerprint density at radius 3 is 3.00 bits per heavy atom. The zero-order valence-corrected chi connectivity index (χ0v) is 6.43. The molecule has 0 spiro atoms. The second-order valence-electron chi connectivity index (χ2n) is 2.03. The molecule has 11 heavy (non-hydrogen) atoms. The van der Waals surface area contributed by atoms with E-state index in [1.165, 1.54) is 17.7 Å². The van der Waals surface area contributed by atoms with Crippen LogP contribution in [0.2, 0.25) is 0 Å². The van der Waals surface area contributed by atoms with Crippen molar-refractivity contribution in [1.29, 1.82) is 0 Å². The first-order chi connectivity index (χ1) is 5.38. The molecule has 0 aromatic carbocycles. The van der Waals surface area contributed by atoms with E-state index in [-0.39, 0.29) is 0 Å². The highest BCUT2D eigenvalue weighted by Crippen LogP contribution is 2.26. The van der Waals surface area contributed by atoms with Gasteiger partial charge in [-0.3, -0.25) is 5.10 Å². The number of hydrogen-bond donors (Lipinski definition) is 2. The van der Waals surface area contributed by atoms with E-state index < -0.39 is 0 Å². The van der Waals surface area contributed by atoms with Crippen molar-refractivity contribution in [3.63, 3.8) is 0 Å². The van der Waals surface area contributed by atoms with E-state index in [0.717, 1.165) is 16.4 Å². The van der Waals surface area contributed by atoms with Crippen LogP contribution in [0, 0.1) is 0 Å². The summed E-state index contributed by atoms with van der Waals surface area (Å²) < 4.78 is 0. The zero-order valence-electron chi connectivity index (χ0n) is 5.61. The molecule has 2 aromatic heterocycles. The molecule has 4 nitrogen and oxygen atoms in total. The lowest BCUT2D eigenvalue weighted by molar-refractivity contribution is 1.10. The summed E-state index contributed by atoms with van der Waals surface area (Å²) in [4.78, 5) is 3.98. The molecule has 2 aromatic rings. The largest absolute Gasteiger partial charge is 0.390 e. The molecule has 2 rings (SSSR count). The van der Waals surface area contributed by atoms with E-state index in [4.69, 9.17) is 5.73 Å². The molecule has 0 aliphatic carbocycles. The number of rotatable bonds is 1. The average molecular weight is 166 g/mol. The molecule has 0 bridgehead atoms. The molecule has 0 unspecified atom stereocenters. The molecule has 0 amide bonds. The lowest BCUT2D eigenvalue weighted by Gasteiger charge is -1.90. The molecule has 0 radical (unpaired) electrons. The van der Waals surface area contributed by atoms with Crippen LogP contribution in [-0.2, 0) is 0 Å². The fourth-order valence-electron chi connectivity index (χ4n) is 0.852. The fraction of sp³-hybridized carbons (Fsp3) is 0. The van der Waals surface area contributed by atoms with Gasteiger partial charge >= 0.3 is 0 Å². The first-order valence-electron chi connectivity index (χ1n) is 3.06. The minimum absolute atomic E-state index is 0.726. The standard InChI is InChI=1S/C6H6N4S/c7-5-4(1-2-11-5)6-8-3-9-10-6/h1-3H,7H2,(H,8,9,10). The highest BCUT2D eigenvalue weighted by molar-refractivity contribution is 7.14. The summed E-state index contributed by atoms with van der Waals surface area (Å²) in [5.74, 6) is 0.726. The number of nitrogens with zero attached hydrogens (tertiary/aromatic N) is 2. The van der Waals surface area contributed by atoms with E-state index in [2.05, 4.69) is 15.2 Å². The van der Waals surface area contributed by atoms with Gasteiger partial charge in [-0.1, -0.05) is 0 Å². The molecular formula is C6H6N4S. The Kier molecular flexibility index (Phi) is 1.36. The number of thiophene rings is 1. The third-order valence-electron chi connectivity index (χ3n) is 1.37. The minimum atomic E-state index is 0.726. The van der Waals surface area contributed by atoms with E-state index in [0.29, 0.717) is 0 Å². The predicted molar refractivity (Wildman–Crippen MR) is 44.1 cm³/mol. The van der Waals surface area contributed by atoms with Crippen LogP contribution < -0.4 is 5.73 Å². The molecule has 0 saturated carbocycles. The van der Waals surface area contributed by atoms with Gasteiger partial charge in [-0.2, -0.15) is 5.10 Å². The third-order valence-corrected chi connectivity index (χ3v) is 2.11. The van der Waals surface area contributed by atoms with Gasteiger partial charge < -0.3 is 5.73 Å². The lowest BCUT2D eigenvalue weighted by atomic mass is 10.3. The molecular weight excluding hydrogens is 160 g/mol. The molecule has 5 heteroatoms. The smallest absolute Gasteiger partial charge is 0.158 e. The van der Waals surface area contributed by atoms with Crippen molar-refractivity contribution in [2.45, 2.75) is 0 Å². The van der Waals surface area contributed by atoms with E-state index in [1.807, 2.05) is 11.4 Å². The Hall–Kier alpha value is -1.36. The van der Waals surface area contributed by atoms with Crippen LogP contribution in [0.15, 0.2) is 17.8 Å². The van der Waals surface area contributed by atoms with Crippen LogP contribution in [0.1, 0.15) is 0 Å². The number of nitrogens with two attached hydrogens (primary N) is 1. The maximum atomic E-state index is 5.66. The first kappa shape index (κ1) is 6.36. The average Bonchev–Trinajstić information content (AvgIpc) is 2.55. The molecule has 56 valence electrons. The number of nitrogens with one attached hydrogen (secondary N) is 1. The van der Waals surface area contributed by atoms with Crippen molar-refractivity contribution in [3.05, 3.63) is 17.8 Å². The molecule has 2 heterocycles. The molecule has 0 aliphatic heterocycles. The van der Waals surface area contributed by atoms with Gasteiger partial charge in [0.25, 0.3) is 0 Å². The normalized spacial score (nSPS) is 10.2. The molecule has 0 aliphatic rings. The Balaban J connectivity index is 2.53. The SMILES string of the molecule is Nc1sccc1-c1ncn[nH]1. The summed E-state index contributed by atoms with van der Waals surface area (Å²) in [6, 6.07) is 1.92. The molecule has 0 atom stereocenters. The van der Waals surface area contributed by atoms with Crippen molar-refractivity contribution >= 4 is 16.3 Å². The lowest BCUT2D eigenvalue weighted by Crippen LogP contribution is -1.84. The number of hydrogen-bond acceptors (Lipinski definition) is 4. The number of anilines is 1. The monoisotopic (exact) mass is 166 g/mol. The van der Waals surface area contributed by atoms with Crippen molar-refractivity contribution in [2.24, 2.45) is 0 Å². The summed E-state index contributed by atoms with van der Waals surface area (Å²) in [5, 5.41) is 9.17. The highest BCUT2D eigenvalue weighted by Gasteiger charge is 2.04. The van der Waals surface area contributed by atoms with Gasteiger partial charge in [0.15, 0.2) is 5.82 Å². The quantitative estimate of drug-likeness (QED) is 0.667. The third kappa shape index (κ3) is 0.988.